The molecule has 0 saturated heterocycles. The van der Waals surface area contributed by atoms with Crippen molar-refractivity contribution in [3.63, 3.8) is 0 Å². The number of benzene rings is 3. The predicted octanol–water partition coefficient (Wildman–Crippen LogP) is 4.50. The zero-order valence-electron chi connectivity index (χ0n) is 17.1. The Morgan fingerprint density at radius 2 is 1.57 bits per heavy atom. The number of methoxy groups -OCH3 is 4. The predicted molar refractivity (Wildman–Crippen MR) is 114 cm³/mol. The van der Waals surface area contributed by atoms with Gasteiger partial charge in [-0.25, -0.2) is 9.37 Å². The summed E-state index contributed by atoms with van der Waals surface area (Å²) in [6.45, 7) is 0.387. The molecule has 1 aromatic heterocycles. The summed E-state index contributed by atoms with van der Waals surface area (Å²) < 4.78 is 35.9. The number of hydrogen-bond acceptors (Lipinski definition) is 6. The van der Waals surface area contributed by atoms with Gasteiger partial charge in [-0.3, -0.25) is 0 Å². The second kappa shape index (κ2) is 7.98. The molecule has 2 N–H and O–H groups in total. The molecule has 0 aliphatic rings. The highest BCUT2D eigenvalue weighted by Gasteiger charge is 2.21. The summed E-state index contributed by atoms with van der Waals surface area (Å²) in [6, 6.07) is 9.97. The largest absolute Gasteiger partial charge is 0.496 e. The van der Waals surface area contributed by atoms with Crippen molar-refractivity contribution in [3.05, 3.63) is 47.8 Å². The van der Waals surface area contributed by atoms with Crippen LogP contribution >= 0.6 is 0 Å². The van der Waals surface area contributed by atoms with Gasteiger partial charge in [-0.05, 0) is 30.3 Å². The molecule has 0 aliphatic carbocycles. The molecule has 0 aliphatic heterocycles. The maximum absolute atomic E-state index is 13.4. The molecule has 0 fully saturated rings. The minimum absolute atomic E-state index is 0.331. The number of nitrogens with one attached hydrogen (secondary N) is 2. The molecule has 3 aromatic carbocycles. The van der Waals surface area contributed by atoms with Crippen LogP contribution in [0.3, 0.4) is 0 Å². The maximum Gasteiger partial charge on any atom is 0.201 e. The molecule has 4 rings (SSSR count). The van der Waals surface area contributed by atoms with E-state index in [0.717, 1.165) is 21.9 Å². The lowest BCUT2D eigenvalue weighted by Gasteiger charge is -2.19. The number of imidazole rings is 1. The number of H-pyrrole nitrogens is 1. The fourth-order valence-corrected chi connectivity index (χ4v) is 3.60. The summed E-state index contributed by atoms with van der Waals surface area (Å²) in [5.41, 5.74) is 2.13. The Kier molecular flexibility index (Phi) is 5.22. The molecule has 0 unspecified atom stereocenters. The van der Waals surface area contributed by atoms with E-state index in [1.807, 2.05) is 18.2 Å². The van der Waals surface area contributed by atoms with Gasteiger partial charge in [-0.1, -0.05) is 0 Å². The van der Waals surface area contributed by atoms with Crippen LogP contribution in [0.2, 0.25) is 0 Å². The number of nitrogens with zero attached hydrogens (tertiary/aromatic N) is 1. The quantitative estimate of drug-likeness (QED) is 0.466. The van der Waals surface area contributed by atoms with Crippen LogP contribution in [0.15, 0.2) is 36.4 Å². The second-order valence-electron chi connectivity index (χ2n) is 6.59. The number of aromatic nitrogens is 2. The van der Waals surface area contributed by atoms with Crippen LogP contribution in [0.5, 0.6) is 23.0 Å². The Morgan fingerprint density at radius 1 is 0.867 bits per heavy atom. The van der Waals surface area contributed by atoms with E-state index in [2.05, 4.69) is 15.3 Å². The first-order valence-electron chi connectivity index (χ1n) is 9.27. The number of fused-ring (bicyclic) bond motifs is 2. The van der Waals surface area contributed by atoms with Crippen molar-refractivity contribution in [2.24, 2.45) is 0 Å². The van der Waals surface area contributed by atoms with Gasteiger partial charge in [0.25, 0.3) is 0 Å². The molecular formula is C22H22FN3O4. The van der Waals surface area contributed by atoms with Crippen molar-refractivity contribution in [1.82, 2.24) is 9.97 Å². The van der Waals surface area contributed by atoms with Crippen LogP contribution in [-0.4, -0.2) is 38.4 Å². The van der Waals surface area contributed by atoms with Crippen LogP contribution < -0.4 is 24.3 Å². The monoisotopic (exact) mass is 411 g/mol. The van der Waals surface area contributed by atoms with Gasteiger partial charge in [0.05, 0.1) is 50.2 Å². The lowest BCUT2D eigenvalue weighted by molar-refractivity contribution is 0.390. The molecule has 1 heterocycles. The van der Waals surface area contributed by atoms with Crippen molar-refractivity contribution in [2.45, 2.75) is 6.54 Å². The Morgan fingerprint density at radius 3 is 2.23 bits per heavy atom. The first-order valence-corrected chi connectivity index (χ1v) is 9.27. The van der Waals surface area contributed by atoms with E-state index in [9.17, 15) is 4.39 Å². The van der Waals surface area contributed by atoms with E-state index < -0.39 is 0 Å². The molecule has 0 radical (unpaired) electrons. The Hall–Kier alpha value is -3.68. The van der Waals surface area contributed by atoms with Crippen molar-refractivity contribution >= 4 is 27.8 Å². The number of rotatable bonds is 7. The van der Waals surface area contributed by atoms with E-state index in [1.165, 1.54) is 12.1 Å². The van der Waals surface area contributed by atoms with E-state index >= 15 is 0 Å². The third-order valence-corrected chi connectivity index (χ3v) is 4.95. The highest BCUT2D eigenvalue weighted by molar-refractivity contribution is 6.03. The standard InChI is InChI=1S/C22H22FN3O4/c1-27-16-7-8-17(28-2)20-19(16)18(29-3)9-12(21(20)30-4)11-24-22-25-14-6-5-13(23)10-15(14)26-22/h5-10H,11H2,1-4H3,(H2,24,25,26). The van der Waals surface area contributed by atoms with E-state index in [4.69, 9.17) is 18.9 Å². The average molecular weight is 411 g/mol. The van der Waals surface area contributed by atoms with Gasteiger partial charge >= 0.3 is 0 Å². The Balaban J connectivity index is 1.79. The third kappa shape index (κ3) is 3.30. The number of aromatic amines is 1. The number of ether oxygens (including phenoxy) is 4. The molecule has 4 aromatic rings. The fraction of sp³-hybridized carbons (Fsp3) is 0.227. The summed E-state index contributed by atoms with van der Waals surface area (Å²) in [6.07, 6.45) is 0. The molecule has 0 amide bonds. The molecule has 0 bridgehead atoms. The number of halogens is 1. The molecule has 0 atom stereocenters. The van der Waals surface area contributed by atoms with Crippen molar-refractivity contribution < 1.29 is 23.3 Å². The minimum Gasteiger partial charge on any atom is -0.496 e. The molecular weight excluding hydrogens is 389 g/mol. The third-order valence-electron chi connectivity index (χ3n) is 4.95. The zero-order valence-corrected chi connectivity index (χ0v) is 17.1. The molecule has 0 saturated carbocycles. The van der Waals surface area contributed by atoms with Crippen LogP contribution in [0.25, 0.3) is 21.8 Å². The highest BCUT2D eigenvalue weighted by atomic mass is 19.1. The van der Waals surface area contributed by atoms with Gasteiger partial charge in [-0.15, -0.1) is 0 Å². The lowest BCUT2D eigenvalue weighted by Crippen LogP contribution is -2.05. The summed E-state index contributed by atoms with van der Waals surface area (Å²) in [4.78, 5) is 7.52. The first-order chi connectivity index (χ1) is 14.6. The van der Waals surface area contributed by atoms with Crippen LogP contribution in [0.1, 0.15) is 5.56 Å². The summed E-state index contributed by atoms with van der Waals surface area (Å²) in [5.74, 6) is 2.75. The normalized spacial score (nSPS) is 11.0. The Labute approximate surface area is 172 Å². The molecule has 30 heavy (non-hydrogen) atoms. The first kappa shape index (κ1) is 19.6. The van der Waals surface area contributed by atoms with Crippen molar-refractivity contribution in [3.8, 4) is 23.0 Å². The van der Waals surface area contributed by atoms with Crippen molar-refractivity contribution in [1.29, 1.82) is 0 Å². The lowest BCUT2D eigenvalue weighted by atomic mass is 10.0. The minimum atomic E-state index is -0.331. The number of anilines is 1. The smallest absolute Gasteiger partial charge is 0.201 e. The van der Waals surface area contributed by atoms with Crippen molar-refractivity contribution in [2.75, 3.05) is 33.8 Å². The molecule has 0 spiro atoms. The molecule has 156 valence electrons. The summed E-state index contributed by atoms with van der Waals surface area (Å²) >= 11 is 0. The summed E-state index contributed by atoms with van der Waals surface area (Å²) in [7, 11) is 6.41. The van der Waals surface area contributed by atoms with Gasteiger partial charge < -0.3 is 29.2 Å². The van der Waals surface area contributed by atoms with Crippen LogP contribution in [0, 0.1) is 5.82 Å². The molecule has 8 heteroatoms. The van der Waals surface area contributed by atoms with Crippen LogP contribution in [-0.2, 0) is 6.54 Å². The van der Waals surface area contributed by atoms with E-state index in [0.29, 0.717) is 41.0 Å². The number of hydrogen-bond donors (Lipinski definition) is 2. The fourth-order valence-electron chi connectivity index (χ4n) is 3.60. The average Bonchev–Trinajstić information content (AvgIpc) is 3.17. The van der Waals surface area contributed by atoms with Gasteiger partial charge in [0, 0.05) is 18.2 Å². The molecule has 7 nitrogen and oxygen atoms in total. The van der Waals surface area contributed by atoms with Gasteiger partial charge in [-0.2, -0.15) is 0 Å². The van der Waals surface area contributed by atoms with E-state index in [1.54, 1.807) is 34.5 Å². The maximum atomic E-state index is 13.4. The highest BCUT2D eigenvalue weighted by Crippen LogP contribution is 2.46. The van der Waals surface area contributed by atoms with Gasteiger partial charge in [0.2, 0.25) is 5.95 Å². The topological polar surface area (TPSA) is 77.6 Å². The van der Waals surface area contributed by atoms with Gasteiger partial charge in [0.1, 0.15) is 28.8 Å². The zero-order chi connectivity index (χ0) is 21.3. The summed E-state index contributed by atoms with van der Waals surface area (Å²) in [5, 5.41) is 4.75. The van der Waals surface area contributed by atoms with Gasteiger partial charge in [0.15, 0.2) is 0 Å². The SMILES string of the molecule is COc1ccc(OC)c2c(OC)c(CNc3nc4cc(F)ccc4[nH]3)cc(OC)c12. The van der Waals surface area contributed by atoms with E-state index in [-0.39, 0.29) is 5.82 Å². The van der Waals surface area contributed by atoms with Crippen LogP contribution in [0.4, 0.5) is 10.3 Å². The Bertz CT molecular complexity index is 1220. The second-order valence-corrected chi connectivity index (χ2v) is 6.59.